The summed E-state index contributed by atoms with van der Waals surface area (Å²) in [5.74, 6) is -0.119. The van der Waals surface area contributed by atoms with Gasteiger partial charge in [-0.3, -0.25) is 4.79 Å². The van der Waals surface area contributed by atoms with Gasteiger partial charge in [-0.05, 0) is 43.9 Å². The highest BCUT2D eigenvalue weighted by Gasteiger charge is 2.30. The summed E-state index contributed by atoms with van der Waals surface area (Å²) in [6, 6.07) is 4.50. The number of benzene rings is 1. The molecule has 1 saturated carbocycles. The number of hydrogen-bond donors (Lipinski definition) is 1. The molecule has 1 heterocycles. The largest absolute Gasteiger partial charge is 0.339 e. The molecule has 0 spiro atoms. The predicted octanol–water partition coefficient (Wildman–Crippen LogP) is 2.80. The van der Waals surface area contributed by atoms with Crippen LogP contribution >= 0.6 is 11.6 Å². The molecule has 0 aromatic heterocycles. The van der Waals surface area contributed by atoms with E-state index in [0.29, 0.717) is 5.56 Å². The van der Waals surface area contributed by atoms with Crippen molar-refractivity contribution in [2.24, 2.45) is 0 Å². The Kier molecular flexibility index (Phi) is 4.94. The van der Waals surface area contributed by atoms with Crippen molar-refractivity contribution in [3.63, 3.8) is 0 Å². The molecule has 1 saturated heterocycles. The Balaban J connectivity index is 1.85. The van der Waals surface area contributed by atoms with Crippen LogP contribution in [-0.4, -0.2) is 38.4 Å². The maximum Gasteiger partial charge on any atom is 0.253 e. The van der Waals surface area contributed by atoms with Crippen LogP contribution in [0.25, 0.3) is 0 Å². The van der Waals surface area contributed by atoms with Crippen LogP contribution in [0, 0.1) is 0 Å². The Morgan fingerprint density at radius 3 is 2.39 bits per heavy atom. The van der Waals surface area contributed by atoms with Crippen LogP contribution in [0.1, 0.15) is 48.9 Å². The van der Waals surface area contributed by atoms with Crippen molar-refractivity contribution in [1.82, 2.24) is 9.62 Å². The Morgan fingerprint density at radius 2 is 1.78 bits per heavy atom. The van der Waals surface area contributed by atoms with Crippen LogP contribution in [0.2, 0.25) is 5.02 Å². The second-order valence-electron chi connectivity index (χ2n) is 6.25. The number of nitrogens with zero attached hydrogens (tertiary/aromatic N) is 1. The molecule has 0 atom stereocenters. The minimum absolute atomic E-state index is 0.000955. The topological polar surface area (TPSA) is 66.5 Å². The maximum absolute atomic E-state index is 12.6. The zero-order valence-electron chi connectivity index (χ0n) is 12.9. The summed E-state index contributed by atoms with van der Waals surface area (Å²) in [7, 11) is -3.67. The van der Waals surface area contributed by atoms with E-state index in [9.17, 15) is 13.2 Å². The van der Waals surface area contributed by atoms with Crippen molar-refractivity contribution in [2.75, 3.05) is 13.1 Å². The first-order chi connectivity index (χ1) is 11.0. The van der Waals surface area contributed by atoms with Crippen molar-refractivity contribution >= 4 is 27.5 Å². The van der Waals surface area contributed by atoms with Gasteiger partial charge in [0.15, 0.2) is 0 Å². The highest BCUT2D eigenvalue weighted by molar-refractivity contribution is 7.89. The monoisotopic (exact) mass is 356 g/mol. The minimum Gasteiger partial charge on any atom is -0.339 e. The summed E-state index contributed by atoms with van der Waals surface area (Å²) < 4.78 is 27.4. The molecule has 1 N–H and O–H groups in total. The van der Waals surface area contributed by atoms with Gasteiger partial charge in [-0.1, -0.05) is 24.4 Å². The van der Waals surface area contributed by atoms with Gasteiger partial charge < -0.3 is 4.90 Å². The lowest BCUT2D eigenvalue weighted by molar-refractivity contribution is 0.0761. The number of likely N-dealkylation sites (tertiary alicyclic amines) is 1. The van der Waals surface area contributed by atoms with Crippen LogP contribution in [0.4, 0.5) is 0 Å². The highest BCUT2D eigenvalue weighted by Crippen LogP contribution is 2.27. The standard InChI is InChI=1S/C16H21ClN2O3S/c17-14-8-5-12(16(20)19-9-3-1-2-4-10-19)11-15(14)23(21,22)18-13-6-7-13/h5,8,11,13,18H,1-4,6-7,9-10H2. The number of carbonyl (C=O) groups is 1. The first kappa shape index (κ1) is 16.7. The van der Waals surface area contributed by atoms with Gasteiger partial charge in [0.2, 0.25) is 10.0 Å². The Morgan fingerprint density at radius 1 is 1.13 bits per heavy atom. The Bertz CT molecular complexity index is 693. The molecule has 0 radical (unpaired) electrons. The van der Waals surface area contributed by atoms with Crippen molar-refractivity contribution < 1.29 is 13.2 Å². The molecule has 1 amide bonds. The molecule has 1 aromatic rings. The minimum atomic E-state index is -3.67. The van der Waals surface area contributed by atoms with Gasteiger partial charge in [-0.2, -0.15) is 0 Å². The van der Waals surface area contributed by atoms with Gasteiger partial charge in [0.1, 0.15) is 4.90 Å². The summed E-state index contributed by atoms with van der Waals surface area (Å²) in [5, 5.41) is 0.144. The lowest BCUT2D eigenvalue weighted by Gasteiger charge is -2.20. The molecule has 3 rings (SSSR count). The summed E-state index contributed by atoms with van der Waals surface area (Å²) in [4.78, 5) is 14.4. The molecule has 5 nitrogen and oxygen atoms in total. The second kappa shape index (κ2) is 6.79. The number of amides is 1. The number of carbonyl (C=O) groups excluding carboxylic acids is 1. The van der Waals surface area contributed by atoms with E-state index in [1.807, 2.05) is 0 Å². The number of sulfonamides is 1. The highest BCUT2D eigenvalue weighted by atomic mass is 35.5. The van der Waals surface area contributed by atoms with Crippen molar-refractivity contribution in [3.8, 4) is 0 Å². The van der Waals surface area contributed by atoms with E-state index in [1.54, 1.807) is 11.0 Å². The first-order valence-electron chi connectivity index (χ1n) is 8.08. The molecular formula is C16H21ClN2O3S. The number of nitrogens with one attached hydrogen (secondary N) is 1. The summed E-state index contributed by atoms with van der Waals surface area (Å²) >= 11 is 6.06. The van der Waals surface area contributed by atoms with E-state index < -0.39 is 10.0 Å². The number of hydrogen-bond acceptors (Lipinski definition) is 3. The summed E-state index contributed by atoms with van der Waals surface area (Å²) in [6.07, 6.45) is 5.96. The fraction of sp³-hybridized carbons (Fsp3) is 0.562. The average molecular weight is 357 g/mol. The molecule has 2 aliphatic rings. The zero-order chi connectivity index (χ0) is 16.4. The summed E-state index contributed by atoms with van der Waals surface area (Å²) in [5.41, 5.74) is 0.382. The lowest BCUT2D eigenvalue weighted by Crippen LogP contribution is -2.32. The fourth-order valence-electron chi connectivity index (χ4n) is 2.78. The van der Waals surface area contributed by atoms with E-state index in [2.05, 4.69) is 4.72 Å². The van der Waals surface area contributed by atoms with E-state index in [-0.39, 0.29) is 21.9 Å². The van der Waals surface area contributed by atoms with Crippen molar-refractivity contribution in [3.05, 3.63) is 28.8 Å². The average Bonchev–Trinajstić information content (AvgIpc) is 3.33. The van der Waals surface area contributed by atoms with Crippen LogP contribution in [0.15, 0.2) is 23.1 Å². The molecule has 126 valence electrons. The van der Waals surface area contributed by atoms with Gasteiger partial charge in [0.05, 0.1) is 5.02 Å². The van der Waals surface area contributed by atoms with Crippen molar-refractivity contribution in [2.45, 2.75) is 49.5 Å². The van der Waals surface area contributed by atoms with Crippen LogP contribution < -0.4 is 4.72 Å². The molecule has 23 heavy (non-hydrogen) atoms. The summed E-state index contributed by atoms with van der Waals surface area (Å²) in [6.45, 7) is 1.45. The Hall–Kier alpha value is -1.11. The van der Waals surface area contributed by atoms with Crippen LogP contribution in [0.3, 0.4) is 0 Å². The third-order valence-corrected chi connectivity index (χ3v) is 6.26. The van der Waals surface area contributed by atoms with Gasteiger partial charge in [-0.15, -0.1) is 0 Å². The third kappa shape index (κ3) is 4.05. The normalized spacial score (nSPS) is 19.4. The van der Waals surface area contributed by atoms with Crippen LogP contribution in [-0.2, 0) is 10.0 Å². The maximum atomic E-state index is 12.6. The lowest BCUT2D eigenvalue weighted by atomic mass is 10.2. The molecule has 1 aromatic carbocycles. The third-order valence-electron chi connectivity index (χ3n) is 4.26. The quantitative estimate of drug-likeness (QED) is 0.902. The van der Waals surface area contributed by atoms with E-state index >= 15 is 0 Å². The molecule has 1 aliphatic carbocycles. The van der Waals surface area contributed by atoms with Gasteiger partial charge in [0, 0.05) is 24.7 Å². The van der Waals surface area contributed by atoms with Gasteiger partial charge in [0.25, 0.3) is 5.91 Å². The molecular weight excluding hydrogens is 336 g/mol. The molecule has 2 fully saturated rings. The van der Waals surface area contributed by atoms with Crippen LogP contribution in [0.5, 0.6) is 0 Å². The predicted molar refractivity (Wildman–Crippen MR) is 89.2 cm³/mol. The number of rotatable bonds is 4. The molecule has 0 unspecified atom stereocenters. The van der Waals surface area contributed by atoms with Gasteiger partial charge in [-0.25, -0.2) is 13.1 Å². The zero-order valence-corrected chi connectivity index (χ0v) is 14.5. The molecule has 0 bridgehead atoms. The van der Waals surface area contributed by atoms with Crippen molar-refractivity contribution in [1.29, 1.82) is 0 Å². The van der Waals surface area contributed by atoms with E-state index in [4.69, 9.17) is 11.6 Å². The first-order valence-corrected chi connectivity index (χ1v) is 9.95. The van der Waals surface area contributed by atoms with Gasteiger partial charge >= 0.3 is 0 Å². The van der Waals surface area contributed by atoms with E-state index in [1.165, 1.54) is 12.1 Å². The molecule has 7 heteroatoms. The fourth-order valence-corrected chi connectivity index (χ4v) is 4.61. The Labute approximate surface area is 142 Å². The second-order valence-corrected chi connectivity index (χ2v) is 8.34. The SMILES string of the molecule is O=C(c1ccc(Cl)c(S(=O)(=O)NC2CC2)c1)N1CCCCCC1. The smallest absolute Gasteiger partial charge is 0.253 e. The molecule has 1 aliphatic heterocycles. The number of halogens is 1. The van der Waals surface area contributed by atoms with E-state index in [0.717, 1.165) is 51.6 Å².